The Balaban J connectivity index is 2.21. The molecule has 0 bridgehead atoms. The molecule has 0 aliphatic carbocycles. The van der Waals surface area contributed by atoms with Crippen molar-refractivity contribution in [2.45, 2.75) is 11.3 Å². The minimum Gasteiger partial charge on any atom is -0.469 e. The van der Waals surface area contributed by atoms with Gasteiger partial charge >= 0.3 is 5.97 Å². The summed E-state index contributed by atoms with van der Waals surface area (Å²) in [5.74, 6) is -1.45. The molecule has 2 rings (SSSR count). The number of hydrogen-bond donors (Lipinski definition) is 1. The maximum atomic E-state index is 13.0. The molecular weight excluding hydrogens is 411 g/mol. The van der Waals surface area contributed by atoms with Gasteiger partial charge in [0.2, 0.25) is 0 Å². The van der Waals surface area contributed by atoms with Crippen LogP contribution in [-0.4, -0.2) is 45.9 Å². The highest BCUT2D eigenvalue weighted by Gasteiger charge is 2.19. The van der Waals surface area contributed by atoms with Crippen LogP contribution in [0.25, 0.3) is 0 Å². The van der Waals surface area contributed by atoms with Crippen molar-refractivity contribution >= 4 is 39.2 Å². The Morgan fingerprint density at radius 2 is 1.82 bits per heavy atom. The average molecular weight is 429 g/mol. The summed E-state index contributed by atoms with van der Waals surface area (Å²) in [5.41, 5.74) is 0.173. The van der Waals surface area contributed by atoms with Gasteiger partial charge in [-0.25, -0.2) is 12.8 Å². The Kier molecular flexibility index (Phi) is 6.98. The Labute approximate surface area is 167 Å². The van der Waals surface area contributed by atoms with E-state index in [0.717, 1.165) is 24.3 Å². The van der Waals surface area contributed by atoms with Crippen LogP contribution >= 0.6 is 11.6 Å². The molecule has 0 radical (unpaired) electrons. The minimum absolute atomic E-state index is 0.00166. The number of esters is 1. The maximum absolute atomic E-state index is 13.0. The van der Waals surface area contributed by atoms with Crippen LogP contribution < -0.4 is 4.72 Å². The van der Waals surface area contributed by atoms with Crippen molar-refractivity contribution in [3.8, 4) is 0 Å². The van der Waals surface area contributed by atoms with E-state index in [4.69, 9.17) is 11.6 Å². The number of hydrogen-bond acceptors (Lipinski definition) is 5. The van der Waals surface area contributed by atoms with E-state index in [9.17, 15) is 22.4 Å². The number of carbonyl (C=O) groups excluding carboxylic acids is 2. The van der Waals surface area contributed by atoms with Crippen LogP contribution in [-0.2, 0) is 19.6 Å². The Hall–Kier alpha value is -2.65. The number of carbonyl (C=O) groups is 2. The van der Waals surface area contributed by atoms with Crippen LogP contribution in [0.3, 0.4) is 0 Å². The number of amides is 1. The first kappa shape index (κ1) is 21.6. The highest BCUT2D eigenvalue weighted by atomic mass is 35.5. The van der Waals surface area contributed by atoms with Gasteiger partial charge in [0.15, 0.2) is 0 Å². The van der Waals surface area contributed by atoms with E-state index in [0.29, 0.717) is 0 Å². The van der Waals surface area contributed by atoms with E-state index in [2.05, 4.69) is 9.46 Å². The van der Waals surface area contributed by atoms with Crippen molar-refractivity contribution in [2.75, 3.05) is 25.4 Å². The number of benzene rings is 2. The van der Waals surface area contributed by atoms with Gasteiger partial charge in [0.1, 0.15) is 5.82 Å². The zero-order valence-electron chi connectivity index (χ0n) is 15.1. The van der Waals surface area contributed by atoms with E-state index < -0.39 is 27.7 Å². The van der Waals surface area contributed by atoms with Gasteiger partial charge in [0.25, 0.3) is 15.9 Å². The molecule has 0 fully saturated rings. The summed E-state index contributed by atoms with van der Waals surface area (Å²) in [4.78, 5) is 24.9. The topological polar surface area (TPSA) is 92.8 Å². The first-order valence-electron chi connectivity index (χ1n) is 8.04. The van der Waals surface area contributed by atoms with Crippen LogP contribution in [0.2, 0.25) is 5.02 Å². The summed E-state index contributed by atoms with van der Waals surface area (Å²) in [5, 5.41) is 0.0828. The van der Waals surface area contributed by atoms with Crippen LogP contribution in [0.1, 0.15) is 16.8 Å². The van der Waals surface area contributed by atoms with E-state index in [1.54, 1.807) is 0 Å². The summed E-state index contributed by atoms with van der Waals surface area (Å²) in [6, 6.07) is 8.38. The molecule has 1 amide bonds. The van der Waals surface area contributed by atoms with Crippen molar-refractivity contribution in [2.24, 2.45) is 0 Å². The first-order valence-corrected chi connectivity index (χ1v) is 9.90. The number of methoxy groups -OCH3 is 1. The van der Waals surface area contributed by atoms with Gasteiger partial charge in [-0.05, 0) is 42.5 Å². The van der Waals surface area contributed by atoms with Gasteiger partial charge in [-0.15, -0.1) is 0 Å². The summed E-state index contributed by atoms with van der Waals surface area (Å²) in [6.45, 7) is 0.130. The van der Waals surface area contributed by atoms with Gasteiger partial charge in [-0.1, -0.05) is 11.6 Å². The normalized spacial score (nSPS) is 11.0. The first-order chi connectivity index (χ1) is 13.1. The van der Waals surface area contributed by atoms with Crippen molar-refractivity contribution < 1.29 is 27.1 Å². The number of halogens is 2. The summed E-state index contributed by atoms with van der Waals surface area (Å²) in [6.07, 6.45) is 0.0242. The molecule has 0 spiro atoms. The molecule has 150 valence electrons. The fourth-order valence-corrected chi connectivity index (χ4v) is 3.53. The van der Waals surface area contributed by atoms with E-state index >= 15 is 0 Å². The molecule has 0 saturated heterocycles. The Morgan fingerprint density at radius 3 is 2.43 bits per heavy atom. The smallest absolute Gasteiger partial charge is 0.307 e. The van der Waals surface area contributed by atoms with E-state index in [1.165, 1.54) is 37.3 Å². The van der Waals surface area contributed by atoms with E-state index in [1.807, 2.05) is 0 Å². The molecule has 0 saturated carbocycles. The van der Waals surface area contributed by atoms with Gasteiger partial charge in [0, 0.05) is 19.2 Å². The molecule has 2 aromatic rings. The van der Waals surface area contributed by atoms with Crippen molar-refractivity contribution in [1.82, 2.24) is 4.90 Å². The van der Waals surface area contributed by atoms with Gasteiger partial charge in [0.05, 0.1) is 29.1 Å². The molecule has 0 aliphatic rings. The molecule has 28 heavy (non-hydrogen) atoms. The number of sulfonamides is 1. The fourth-order valence-electron chi connectivity index (χ4n) is 2.24. The van der Waals surface area contributed by atoms with Gasteiger partial charge in [-0.3, -0.25) is 14.3 Å². The summed E-state index contributed by atoms with van der Waals surface area (Å²) >= 11 is 6.05. The standard InChI is InChI=1S/C18H18ClFN2O5S/c1-22(10-9-17(23)27-2)18(24)12-3-8-15(19)16(11-12)21-28(25,26)14-6-4-13(20)5-7-14/h3-8,11,21H,9-10H2,1-2H3. The zero-order valence-corrected chi connectivity index (χ0v) is 16.7. The highest BCUT2D eigenvalue weighted by molar-refractivity contribution is 7.92. The van der Waals surface area contributed by atoms with Gasteiger partial charge in [-0.2, -0.15) is 0 Å². The highest BCUT2D eigenvalue weighted by Crippen LogP contribution is 2.26. The largest absolute Gasteiger partial charge is 0.469 e. The summed E-state index contributed by atoms with van der Waals surface area (Å²) < 4.78 is 44.7. The zero-order chi connectivity index (χ0) is 20.9. The second-order valence-corrected chi connectivity index (χ2v) is 7.90. The molecule has 0 heterocycles. The SMILES string of the molecule is COC(=O)CCN(C)C(=O)c1ccc(Cl)c(NS(=O)(=O)c2ccc(F)cc2)c1. The molecule has 10 heteroatoms. The average Bonchev–Trinajstić information content (AvgIpc) is 2.67. The number of nitrogens with zero attached hydrogens (tertiary/aromatic N) is 1. The predicted molar refractivity (Wildman–Crippen MR) is 102 cm³/mol. The fraction of sp³-hybridized carbons (Fsp3) is 0.222. The molecule has 0 atom stereocenters. The number of nitrogens with one attached hydrogen (secondary N) is 1. The molecule has 0 aliphatic heterocycles. The maximum Gasteiger partial charge on any atom is 0.307 e. The third-order valence-electron chi connectivity index (χ3n) is 3.81. The Bertz CT molecular complexity index is 980. The third-order valence-corrected chi connectivity index (χ3v) is 5.52. The minimum atomic E-state index is -4.03. The molecule has 2 aromatic carbocycles. The molecule has 0 aromatic heterocycles. The summed E-state index contributed by atoms with van der Waals surface area (Å²) in [7, 11) is -1.27. The third kappa shape index (κ3) is 5.43. The van der Waals surface area contributed by atoms with E-state index in [-0.39, 0.29) is 34.1 Å². The van der Waals surface area contributed by atoms with Crippen molar-refractivity contribution in [3.05, 3.63) is 58.9 Å². The monoisotopic (exact) mass is 428 g/mol. The molecule has 1 N–H and O–H groups in total. The Morgan fingerprint density at radius 1 is 1.18 bits per heavy atom. The predicted octanol–water partition coefficient (Wildman–Crippen LogP) is 2.92. The van der Waals surface area contributed by atoms with Gasteiger partial charge < -0.3 is 9.64 Å². The van der Waals surface area contributed by atoms with Crippen molar-refractivity contribution in [3.63, 3.8) is 0 Å². The molecule has 7 nitrogen and oxygen atoms in total. The van der Waals surface area contributed by atoms with Crippen molar-refractivity contribution in [1.29, 1.82) is 0 Å². The second kappa shape index (κ2) is 9.03. The molecular formula is C18H18ClFN2O5S. The number of ether oxygens (including phenoxy) is 1. The van der Waals surface area contributed by atoms with Crippen LogP contribution in [0.4, 0.5) is 10.1 Å². The number of rotatable bonds is 7. The lowest BCUT2D eigenvalue weighted by Crippen LogP contribution is -2.29. The lowest BCUT2D eigenvalue weighted by Gasteiger charge is -2.17. The number of anilines is 1. The van der Waals surface area contributed by atoms with Crippen LogP contribution in [0, 0.1) is 5.82 Å². The second-order valence-electron chi connectivity index (χ2n) is 5.81. The lowest BCUT2D eigenvalue weighted by atomic mass is 10.2. The van der Waals surface area contributed by atoms with Crippen LogP contribution in [0.15, 0.2) is 47.4 Å². The lowest BCUT2D eigenvalue weighted by molar-refractivity contribution is -0.140. The van der Waals surface area contributed by atoms with Crippen LogP contribution in [0.5, 0.6) is 0 Å². The molecule has 0 unspecified atom stereocenters. The quantitative estimate of drug-likeness (QED) is 0.684.